The van der Waals surface area contributed by atoms with Gasteiger partial charge in [-0.3, -0.25) is 0 Å². The van der Waals surface area contributed by atoms with Crippen LogP contribution in [-0.2, 0) is 6.61 Å². The van der Waals surface area contributed by atoms with Crippen LogP contribution in [-0.4, -0.2) is 11.1 Å². The Kier molecular flexibility index (Phi) is 3.44. The molecule has 0 aliphatic heterocycles. The van der Waals surface area contributed by atoms with Crippen LogP contribution in [0.4, 0.5) is 0 Å². The molecule has 0 saturated carbocycles. The third-order valence-corrected chi connectivity index (χ3v) is 3.26. The topological polar surface area (TPSA) is 46.5 Å². The van der Waals surface area contributed by atoms with Gasteiger partial charge in [-0.1, -0.05) is 17.7 Å². The lowest BCUT2D eigenvalue weighted by molar-refractivity contribution is 0.0702. The van der Waals surface area contributed by atoms with Gasteiger partial charge in [-0.25, -0.2) is 4.79 Å². The summed E-state index contributed by atoms with van der Waals surface area (Å²) in [5, 5.41) is 10.6. The Hall–Kier alpha value is -1.81. The number of carboxylic acid groups (broad SMARTS) is 1. The monoisotopic (exact) mass is 248 g/mol. The Morgan fingerprint density at radius 3 is 2.65 bits per heavy atom. The number of rotatable bonds is 4. The highest BCUT2D eigenvalue weighted by Gasteiger charge is 2.06. The molecule has 0 aliphatic rings. The van der Waals surface area contributed by atoms with Crippen molar-refractivity contribution >= 4 is 17.3 Å². The molecule has 0 bridgehead atoms. The summed E-state index contributed by atoms with van der Waals surface area (Å²) in [7, 11) is 0. The summed E-state index contributed by atoms with van der Waals surface area (Å²) in [5.74, 6) is -0.102. The van der Waals surface area contributed by atoms with E-state index >= 15 is 0 Å². The molecule has 0 unspecified atom stereocenters. The summed E-state index contributed by atoms with van der Waals surface area (Å²) < 4.78 is 5.55. The number of aromatic carboxylic acids is 1. The molecule has 0 atom stereocenters. The maximum Gasteiger partial charge on any atom is 0.345 e. The van der Waals surface area contributed by atoms with Crippen LogP contribution in [0.5, 0.6) is 5.75 Å². The van der Waals surface area contributed by atoms with E-state index in [1.165, 1.54) is 16.9 Å². The standard InChI is InChI=1S/C13H12O3S/c1-9-2-4-11(5-3-9)16-7-10-6-12(13(14)15)17-8-10/h2-6,8H,7H2,1H3,(H,14,15). The number of benzene rings is 1. The second-order valence-corrected chi connectivity index (χ2v) is 4.64. The van der Waals surface area contributed by atoms with E-state index in [0.29, 0.717) is 11.5 Å². The highest BCUT2D eigenvalue weighted by molar-refractivity contribution is 7.12. The van der Waals surface area contributed by atoms with E-state index < -0.39 is 5.97 Å². The van der Waals surface area contributed by atoms with Gasteiger partial charge in [-0.05, 0) is 30.5 Å². The van der Waals surface area contributed by atoms with Gasteiger partial charge in [0.05, 0.1) is 0 Å². The third kappa shape index (κ3) is 3.07. The first-order valence-corrected chi connectivity index (χ1v) is 6.03. The highest BCUT2D eigenvalue weighted by Crippen LogP contribution is 2.18. The minimum absolute atomic E-state index is 0.340. The number of carbonyl (C=O) groups is 1. The summed E-state index contributed by atoms with van der Waals surface area (Å²) in [6.45, 7) is 2.41. The maximum atomic E-state index is 10.7. The molecule has 4 heteroatoms. The number of hydrogen-bond acceptors (Lipinski definition) is 3. The van der Waals surface area contributed by atoms with Gasteiger partial charge in [-0.15, -0.1) is 11.3 Å². The second-order valence-electron chi connectivity index (χ2n) is 3.73. The van der Waals surface area contributed by atoms with Crippen molar-refractivity contribution in [3.05, 3.63) is 51.7 Å². The predicted molar refractivity (Wildman–Crippen MR) is 66.8 cm³/mol. The average molecular weight is 248 g/mol. The molecule has 0 amide bonds. The molecule has 1 aromatic heterocycles. The van der Waals surface area contributed by atoms with Crippen molar-refractivity contribution in [2.75, 3.05) is 0 Å². The van der Waals surface area contributed by atoms with Crippen molar-refractivity contribution in [2.45, 2.75) is 13.5 Å². The molecular formula is C13H12O3S. The molecule has 1 N–H and O–H groups in total. The van der Waals surface area contributed by atoms with Crippen molar-refractivity contribution < 1.29 is 14.6 Å². The summed E-state index contributed by atoms with van der Waals surface area (Å²) >= 11 is 1.22. The molecule has 1 heterocycles. The average Bonchev–Trinajstić information content (AvgIpc) is 2.77. The van der Waals surface area contributed by atoms with Crippen LogP contribution in [0, 0.1) is 6.92 Å². The van der Waals surface area contributed by atoms with Crippen molar-refractivity contribution in [1.29, 1.82) is 0 Å². The summed E-state index contributed by atoms with van der Waals surface area (Å²) in [6.07, 6.45) is 0. The van der Waals surface area contributed by atoms with Gasteiger partial charge in [-0.2, -0.15) is 0 Å². The van der Waals surface area contributed by atoms with Crippen molar-refractivity contribution in [2.24, 2.45) is 0 Å². The highest BCUT2D eigenvalue weighted by atomic mass is 32.1. The zero-order valence-electron chi connectivity index (χ0n) is 9.34. The molecule has 17 heavy (non-hydrogen) atoms. The first-order chi connectivity index (χ1) is 8.15. The molecule has 0 fully saturated rings. The SMILES string of the molecule is Cc1ccc(OCc2csc(C(=O)O)c2)cc1. The fourth-order valence-electron chi connectivity index (χ4n) is 1.36. The molecule has 3 nitrogen and oxygen atoms in total. The van der Waals surface area contributed by atoms with E-state index in [4.69, 9.17) is 9.84 Å². The maximum absolute atomic E-state index is 10.7. The normalized spacial score (nSPS) is 10.2. The minimum Gasteiger partial charge on any atom is -0.489 e. The third-order valence-electron chi connectivity index (χ3n) is 2.29. The fourth-order valence-corrected chi connectivity index (χ4v) is 2.10. The largest absolute Gasteiger partial charge is 0.489 e. The van der Waals surface area contributed by atoms with Gasteiger partial charge in [0.2, 0.25) is 0 Å². The zero-order chi connectivity index (χ0) is 12.3. The molecular weight excluding hydrogens is 236 g/mol. The molecule has 2 rings (SSSR count). The molecule has 2 aromatic rings. The number of aryl methyl sites for hydroxylation is 1. The molecule has 0 spiro atoms. The molecule has 1 aromatic carbocycles. The van der Waals surface area contributed by atoms with Crippen molar-refractivity contribution in [3.8, 4) is 5.75 Å². The van der Waals surface area contributed by atoms with Crippen LogP contribution in [0.1, 0.15) is 20.8 Å². The number of ether oxygens (including phenoxy) is 1. The van der Waals surface area contributed by atoms with E-state index in [0.717, 1.165) is 11.3 Å². The first-order valence-electron chi connectivity index (χ1n) is 5.15. The predicted octanol–water partition coefficient (Wildman–Crippen LogP) is 3.33. The van der Waals surface area contributed by atoms with Crippen LogP contribution in [0.15, 0.2) is 35.7 Å². The van der Waals surface area contributed by atoms with Gasteiger partial charge in [0.1, 0.15) is 17.2 Å². The van der Waals surface area contributed by atoms with Gasteiger partial charge >= 0.3 is 5.97 Å². The number of thiophene rings is 1. The fraction of sp³-hybridized carbons (Fsp3) is 0.154. The van der Waals surface area contributed by atoms with Gasteiger partial charge in [0.25, 0.3) is 0 Å². The zero-order valence-corrected chi connectivity index (χ0v) is 10.2. The lowest BCUT2D eigenvalue weighted by Crippen LogP contribution is -1.94. The Bertz CT molecular complexity index is 514. The minimum atomic E-state index is -0.892. The van der Waals surface area contributed by atoms with Crippen LogP contribution < -0.4 is 4.74 Å². The smallest absolute Gasteiger partial charge is 0.345 e. The van der Waals surface area contributed by atoms with Gasteiger partial charge in [0.15, 0.2) is 0 Å². The van der Waals surface area contributed by atoms with E-state index in [2.05, 4.69) is 0 Å². The van der Waals surface area contributed by atoms with E-state index in [1.54, 1.807) is 11.4 Å². The Morgan fingerprint density at radius 2 is 2.06 bits per heavy atom. The number of carboxylic acids is 1. The van der Waals surface area contributed by atoms with Crippen molar-refractivity contribution in [3.63, 3.8) is 0 Å². The Labute approximate surface area is 103 Å². The second kappa shape index (κ2) is 5.01. The number of hydrogen-bond donors (Lipinski definition) is 1. The summed E-state index contributed by atoms with van der Waals surface area (Å²) in [5.41, 5.74) is 2.06. The van der Waals surface area contributed by atoms with Gasteiger partial charge in [0, 0.05) is 5.56 Å². The Balaban J connectivity index is 1.97. The summed E-state index contributed by atoms with van der Waals surface area (Å²) in [6, 6.07) is 9.40. The van der Waals surface area contributed by atoms with Gasteiger partial charge < -0.3 is 9.84 Å². The van der Waals surface area contributed by atoms with Crippen LogP contribution in [0.25, 0.3) is 0 Å². The molecule has 88 valence electrons. The molecule has 0 radical (unpaired) electrons. The van der Waals surface area contributed by atoms with Crippen LogP contribution >= 0.6 is 11.3 Å². The molecule has 0 saturated heterocycles. The first kappa shape index (κ1) is 11.7. The summed E-state index contributed by atoms with van der Waals surface area (Å²) in [4.78, 5) is 11.0. The lowest BCUT2D eigenvalue weighted by Gasteiger charge is -2.04. The van der Waals surface area contributed by atoms with E-state index in [-0.39, 0.29) is 0 Å². The lowest BCUT2D eigenvalue weighted by atomic mass is 10.2. The van der Waals surface area contributed by atoms with Crippen LogP contribution in [0.2, 0.25) is 0 Å². The Morgan fingerprint density at radius 1 is 1.35 bits per heavy atom. The van der Waals surface area contributed by atoms with Crippen molar-refractivity contribution in [1.82, 2.24) is 0 Å². The van der Waals surface area contributed by atoms with E-state index in [9.17, 15) is 4.79 Å². The molecule has 0 aliphatic carbocycles. The van der Waals surface area contributed by atoms with E-state index in [1.807, 2.05) is 31.2 Å². The quantitative estimate of drug-likeness (QED) is 0.902. The van der Waals surface area contributed by atoms with Crippen LogP contribution in [0.3, 0.4) is 0 Å².